The van der Waals surface area contributed by atoms with E-state index in [0.29, 0.717) is 12.1 Å². The lowest BCUT2D eigenvalue weighted by Gasteiger charge is -2.21. The van der Waals surface area contributed by atoms with Gasteiger partial charge in [0.1, 0.15) is 0 Å². The SMILES string of the molecule is C=C/C=c1/c2c([nH]/c1=C/C=C)C1CCC(C2)N1. The molecule has 1 fully saturated rings. The summed E-state index contributed by atoms with van der Waals surface area (Å²) in [6, 6.07) is 1.18. The molecule has 1 aromatic heterocycles. The van der Waals surface area contributed by atoms with Crippen molar-refractivity contribution in [2.75, 3.05) is 0 Å². The predicted molar refractivity (Wildman–Crippen MR) is 72.0 cm³/mol. The molecule has 0 radical (unpaired) electrons. The predicted octanol–water partition coefficient (Wildman–Crippen LogP) is 1.30. The average molecular weight is 226 g/mol. The van der Waals surface area contributed by atoms with Gasteiger partial charge in [0.2, 0.25) is 0 Å². The van der Waals surface area contributed by atoms with Gasteiger partial charge in [0.15, 0.2) is 0 Å². The Kier molecular flexibility index (Phi) is 2.52. The van der Waals surface area contributed by atoms with Gasteiger partial charge in [0.05, 0.1) is 0 Å². The van der Waals surface area contributed by atoms with Crippen LogP contribution in [0.3, 0.4) is 0 Å². The maximum absolute atomic E-state index is 3.81. The normalized spacial score (nSPS) is 28.2. The molecule has 1 aromatic rings. The molecule has 0 aromatic carbocycles. The highest BCUT2D eigenvalue weighted by Gasteiger charge is 2.33. The van der Waals surface area contributed by atoms with Gasteiger partial charge in [-0.1, -0.05) is 31.4 Å². The molecule has 88 valence electrons. The number of aromatic amines is 1. The lowest BCUT2D eigenvalue weighted by molar-refractivity contribution is 0.508. The minimum Gasteiger partial charge on any atom is -0.357 e. The summed E-state index contributed by atoms with van der Waals surface area (Å²) in [5.41, 5.74) is 2.85. The van der Waals surface area contributed by atoms with Crippen molar-refractivity contribution in [1.29, 1.82) is 0 Å². The monoisotopic (exact) mass is 226 g/mol. The van der Waals surface area contributed by atoms with Gasteiger partial charge < -0.3 is 10.3 Å². The zero-order valence-electron chi connectivity index (χ0n) is 10.00. The molecule has 2 N–H and O–H groups in total. The van der Waals surface area contributed by atoms with Crippen LogP contribution < -0.4 is 15.9 Å². The highest BCUT2D eigenvalue weighted by atomic mass is 15.0. The van der Waals surface area contributed by atoms with Crippen molar-refractivity contribution in [2.45, 2.75) is 31.3 Å². The van der Waals surface area contributed by atoms with Gasteiger partial charge in [-0.25, -0.2) is 0 Å². The standard InChI is InChI=1S/C15H18N2/c1-3-5-11-12-9-10-7-8-14(16-10)15(12)17-13(11)6-4-2/h3-6,10,14,16-17H,1-2,7-9H2/b11-5-,13-6+. The van der Waals surface area contributed by atoms with Crippen LogP contribution in [0.25, 0.3) is 12.2 Å². The third-order valence-electron chi connectivity index (χ3n) is 3.82. The molecule has 1 saturated heterocycles. The fourth-order valence-corrected chi connectivity index (χ4v) is 3.12. The van der Waals surface area contributed by atoms with Crippen LogP contribution >= 0.6 is 0 Å². The topological polar surface area (TPSA) is 27.8 Å². The maximum atomic E-state index is 3.81. The van der Waals surface area contributed by atoms with Crippen molar-refractivity contribution < 1.29 is 0 Å². The fourth-order valence-electron chi connectivity index (χ4n) is 3.12. The lowest BCUT2D eigenvalue weighted by Crippen LogP contribution is -2.34. The van der Waals surface area contributed by atoms with E-state index in [1.807, 2.05) is 18.2 Å². The van der Waals surface area contributed by atoms with E-state index in [0.717, 1.165) is 6.42 Å². The van der Waals surface area contributed by atoms with Gasteiger partial charge in [-0.15, -0.1) is 0 Å². The molecular formula is C15H18N2. The zero-order chi connectivity index (χ0) is 11.8. The van der Waals surface area contributed by atoms with Crippen molar-refractivity contribution >= 4 is 12.2 Å². The Labute approximate surface area is 101 Å². The van der Waals surface area contributed by atoms with Crippen molar-refractivity contribution in [1.82, 2.24) is 10.3 Å². The van der Waals surface area contributed by atoms with Gasteiger partial charge in [-0.3, -0.25) is 0 Å². The van der Waals surface area contributed by atoms with Crippen LogP contribution in [0.4, 0.5) is 0 Å². The summed E-state index contributed by atoms with van der Waals surface area (Å²) in [5.74, 6) is 0. The molecule has 2 aliphatic heterocycles. The molecule has 17 heavy (non-hydrogen) atoms. The van der Waals surface area contributed by atoms with Gasteiger partial charge in [-0.2, -0.15) is 0 Å². The van der Waals surface area contributed by atoms with E-state index in [1.165, 1.54) is 34.7 Å². The third-order valence-corrected chi connectivity index (χ3v) is 3.82. The quantitative estimate of drug-likeness (QED) is 0.781. The van der Waals surface area contributed by atoms with E-state index in [4.69, 9.17) is 0 Å². The maximum Gasteiger partial charge on any atom is 0.0478 e. The fraction of sp³-hybridized carbons (Fsp3) is 0.333. The number of fused-ring (bicyclic) bond motifs is 4. The first-order valence-corrected chi connectivity index (χ1v) is 6.25. The largest absolute Gasteiger partial charge is 0.357 e. The summed E-state index contributed by atoms with van der Waals surface area (Å²) < 4.78 is 0. The lowest BCUT2D eigenvalue weighted by atomic mass is 10.0. The molecule has 0 saturated carbocycles. The van der Waals surface area contributed by atoms with E-state index in [-0.39, 0.29) is 0 Å². The Morgan fingerprint density at radius 1 is 1.12 bits per heavy atom. The first-order valence-electron chi connectivity index (χ1n) is 6.25. The molecule has 2 atom stereocenters. The summed E-state index contributed by atoms with van der Waals surface area (Å²) in [7, 11) is 0. The molecule has 2 aliphatic rings. The zero-order valence-corrected chi connectivity index (χ0v) is 10.00. The molecule has 2 bridgehead atoms. The Morgan fingerprint density at radius 2 is 1.94 bits per heavy atom. The highest BCUT2D eigenvalue weighted by Crippen LogP contribution is 2.32. The number of hydrogen-bond acceptors (Lipinski definition) is 1. The van der Waals surface area contributed by atoms with Crippen LogP contribution in [0.1, 0.15) is 30.1 Å². The van der Waals surface area contributed by atoms with Crippen molar-refractivity contribution in [2.24, 2.45) is 0 Å². The van der Waals surface area contributed by atoms with Crippen LogP contribution in [0.2, 0.25) is 0 Å². The minimum atomic E-state index is 0.521. The van der Waals surface area contributed by atoms with Gasteiger partial charge in [0, 0.05) is 28.3 Å². The van der Waals surface area contributed by atoms with Crippen LogP contribution in [0.5, 0.6) is 0 Å². The van der Waals surface area contributed by atoms with Crippen molar-refractivity contribution in [3.63, 3.8) is 0 Å². The van der Waals surface area contributed by atoms with Crippen LogP contribution in [-0.4, -0.2) is 11.0 Å². The van der Waals surface area contributed by atoms with Gasteiger partial charge in [-0.05, 0) is 30.9 Å². The minimum absolute atomic E-state index is 0.521. The summed E-state index contributed by atoms with van der Waals surface area (Å²) in [6.45, 7) is 7.60. The molecule has 2 nitrogen and oxygen atoms in total. The number of H-pyrrole nitrogens is 1. The Hall–Kier alpha value is -1.54. The van der Waals surface area contributed by atoms with Crippen LogP contribution in [0, 0.1) is 0 Å². The molecular weight excluding hydrogens is 208 g/mol. The molecule has 2 heteroatoms. The molecule has 0 spiro atoms. The first kappa shape index (κ1) is 10.6. The van der Waals surface area contributed by atoms with Crippen molar-refractivity contribution in [3.8, 4) is 0 Å². The number of rotatable bonds is 2. The summed E-state index contributed by atoms with van der Waals surface area (Å²) >= 11 is 0. The van der Waals surface area contributed by atoms with E-state index in [1.54, 1.807) is 0 Å². The van der Waals surface area contributed by atoms with Gasteiger partial charge in [0.25, 0.3) is 0 Å². The van der Waals surface area contributed by atoms with E-state index >= 15 is 0 Å². The second kappa shape index (κ2) is 4.04. The van der Waals surface area contributed by atoms with Crippen LogP contribution in [-0.2, 0) is 6.42 Å². The molecule has 0 amide bonds. The third kappa shape index (κ3) is 1.60. The molecule has 3 heterocycles. The Bertz CT molecular complexity index is 577. The van der Waals surface area contributed by atoms with E-state index in [9.17, 15) is 0 Å². The molecule has 3 rings (SSSR count). The number of hydrogen-bond donors (Lipinski definition) is 2. The summed E-state index contributed by atoms with van der Waals surface area (Å²) in [6.07, 6.45) is 11.5. The number of aromatic nitrogens is 1. The number of nitrogens with one attached hydrogen (secondary N) is 2. The van der Waals surface area contributed by atoms with Crippen molar-refractivity contribution in [3.05, 3.63) is 47.1 Å². The average Bonchev–Trinajstić information content (AvgIpc) is 2.86. The van der Waals surface area contributed by atoms with Gasteiger partial charge >= 0.3 is 0 Å². The molecule has 0 aliphatic carbocycles. The van der Waals surface area contributed by atoms with E-state index in [2.05, 4.69) is 29.5 Å². The van der Waals surface area contributed by atoms with Crippen LogP contribution in [0.15, 0.2) is 25.3 Å². The summed E-state index contributed by atoms with van der Waals surface area (Å²) in [5, 5.41) is 6.13. The summed E-state index contributed by atoms with van der Waals surface area (Å²) in [4.78, 5) is 3.55. The first-order chi connectivity index (χ1) is 8.33. The smallest absolute Gasteiger partial charge is 0.0478 e. The Morgan fingerprint density at radius 3 is 2.71 bits per heavy atom. The molecule has 2 unspecified atom stereocenters. The van der Waals surface area contributed by atoms with E-state index < -0.39 is 0 Å². The second-order valence-electron chi connectivity index (χ2n) is 4.85. The number of allylic oxidation sites excluding steroid dienone is 2. The Balaban J connectivity index is 2.27. The second-order valence-corrected chi connectivity index (χ2v) is 4.85. The highest BCUT2D eigenvalue weighted by molar-refractivity contribution is 5.47.